The van der Waals surface area contributed by atoms with Gasteiger partial charge in [0.25, 0.3) is 0 Å². The second-order valence-electron chi connectivity index (χ2n) is 4.55. The first-order chi connectivity index (χ1) is 8.97. The summed E-state index contributed by atoms with van der Waals surface area (Å²) in [6.45, 7) is 1.46. The number of imidazole rings is 1. The van der Waals surface area contributed by atoms with Crippen molar-refractivity contribution in [3.8, 4) is 0 Å². The molecule has 1 heterocycles. The zero-order valence-corrected chi connectivity index (χ0v) is 13.1. The van der Waals surface area contributed by atoms with Gasteiger partial charge in [0.1, 0.15) is 0 Å². The molecule has 0 saturated heterocycles. The summed E-state index contributed by atoms with van der Waals surface area (Å²) in [7, 11) is 3.97. The van der Waals surface area contributed by atoms with Crippen LogP contribution in [0, 0.1) is 4.77 Å². The predicted octanol–water partition coefficient (Wildman–Crippen LogP) is 3.95. The SMILES string of the molecule is CN(Cc1ccc(Cl)cc1Cl)Cn1ccn(C)c1=S. The first-order valence-electron chi connectivity index (χ1n) is 5.81. The van der Waals surface area contributed by atoms with Crippen LogP contribution in [0.5, 0.6) is 0 Å². The summed E-state index contributed by atoms with van der Waals surface area (Å²) in [5, 5.41) is 1.35. The summed E-state index contributed by atoms with van der Waals surface area (Å²) in [6.07, 6.45) is 3.92. The molecule has 0 radical (unpaired) electrons. The molecule has 0 spiro atoms. The van der Waals surface area contributed by atoms with E-state index >= 15 is 0 Å². The largest absolute Gasteiger partial charge is 0.327 e. The van der Waals surface area contributed by atoms with Crippen molar-refractivity contribution in [1.82, 2.24) is 14.0 Å². The molecule has 2 rings (SSSR count). The average Bonchev–Trinajstić information content (AvgIpc) is 2.65. The van der Waals surface area contributed by atoms with Crippen molar-refractivity contribution in [2.75, 3.05) is 7.05 Å². The normalized spacial score (nSPS) is 11.2. The predicted molar refractivity (Wildman–Crippen MR) is 82.2 cm³/mol. The average molecular weight is 316 g/mol. The fraction of sp³-hybridized carbons (Fsp3) is 0.308. The first-order valence-corrected chi connectivity index (χ1v) is 6.98. The number of rotatable bonds is 4. The van der Waals surface area contributed by atoms with Crippen molar-refractivity contribution in [3.63, 3.8) is 0 Å². The monoisotopic (exact) mass is 315 g/mol. The van der Waals surface area contributed by atoms with Gasteiger partial charge in [-0.2, -0.15) is 0 Å². The van der Waals surface area contributed by atoms with Crippen LogP contribution in [0.4, 0.5) is 0 Å². The molecule has 19 heavy (non-hydrogen) atoms. The van der Waals surface area contributed by atoms with Crippen molar-refractivity contribution in [1.29, 1.82) is 0 Å². The minimum Gasteiger partial charge on any atom is -0.327 e. The van der Waals surface area contributed by atoms with Gasteiger partial charge in [0.2, 0.25) is 0 Å². The number of benzene rings is 1. The molecule has 0 fully saturated rings. The van der Waals surface area contributed by atoms with E-state index in [2.05, 4.69) is 4.90 Å². The van der Waals surface area contributed by atoms with E-state index in [-0.39, 0.29) is 0 Å². The fourth-order valence-corrected chi connectivity index (χ4v) is 2.52. The zero-order valence-electron chi connectivity index (χ0n) is 10.8. The Kier molecular flexibility index (Phi) is 4.68. The highest BCUT2D eigenvalue weighted by atomic mass is 35.5. The van der Waals surface area contributed by atoms with Crippen molar-refractivity contribution in [3.05, 3.63) is 51.0 Å². The lowest BCUT2D eigenvalue weighted by molar-refractivity contribution is 0.258. The molecule has 0 saturated carbocycles. The highest BCUT2D eigenvalue weighted by Gasteiger charge is 2.06. The molecule has 0 aliphatic heterocycles. The molecule has 1 aromatic heterocycles. The smallest absolute Gasteiger partial charge is 0.180 e. The number of hydrogen-bond acceptors (Lipinski definition) is 2. The second-order valence-corrected chi connectivity index (χ2v) is 5.76. The fourth-order valence-electron chi connectivity index (χ4n) is 1.87. The van der Waals surface area contributed by atoms with Gasteiger partial charge < -0.3 is 9.13 Å². The summed E-state index contributed by atoms with van der Waals surface area (Å²) in [6, 6.07) is 5.57. The van der Waals surface area contributed by atoms with Gasteiger partial charge >= 0.3 is 0 Å². The molecule has 6 heteroatoms. The second kappa shape index (κ2) is 6.09. The number of aryl methyl sites for hydroxylation is 1. The molecule has 1 aromatic carbocycles. The van der Waals surface area contributed by atoms with Gasteiger partial charge in [0.15, 0.2) is 4.77 Å². The maximum Gasteiger partial charge on any atom is 0.180 e. The maximum atomic E-state index is 6.17. The number of halogens is 2. The van der Waals surface area contributed by atoms with Crippen LogP contribution in [0.3, 0.4) is 0 Å². The lowest BCUT2D eigenvalue weighted by Gasteiger charge is -2.18. The topological polar surface area (TPSA) is 13.1 Å². The number of aromatic nitrogens is 2. The third-order valence-corrected chi connectivity index (χ3v) is 3.98. The van der Waals surface area contributed by atoms with E-state index in [9.17, 15) is 0 Å². The van der Waals surface area contributed by atoms with Crippen LogP contribution in [0.15, 0.2) is 30.6 Å². The van der Waals surface area contributed by atoms with Gasteiger partial charge in [0.05, 0.1) is 6.67 Å². The Hall–Kier alpha value is -0.810. The Bertz CT molecular complexity index is 633. The third-order valence-electron chi connectivity index (χ3n) is 2.87. The van der Waals surface area contributed by atoms with E-state index < -0.39 is 0 Å². The van der Waals surface area contributed by atoms with Crippen LogP contribution in [-0.4, -0.2) is 21.1 Å². The molecule has 0 aliphatic carbocycles. The van der Waals surface area contributed by atoms with Crippen LogP contribution >= 0.6 is 35.4 Å². The zero-order chi connectivity index (χ0) is 14.0. The Labute approximate surface area is 128 Å². The van der Waals surface area contributed by atoms with Crippen molar-refractivity contribution >= 4 is 35.4 Å². The Morgan fingerprint density at radius 1 is 1.26 bits per heavy atom. The lowest BCUT2D eigenvalue weighted by Crippen LogP contribution is -2.21. The van der Waals surface area contributed by atoms with Gasteiger partial charge in [-0.15, -0.1) is 0 Å². The molecule has 0 unspecified atom stereocenters. The first kappa shape index (κ1) is 14.6. The minimum absolute atomic E-state index is 0.654. The molecule has 0 N–H and O–H groups in total. The molecule has 0 aliphatic rings. The van der Waals surface area contributed by atoms with Crippen LogP contribution in [0.2, 0.25) is 10.0 Å². The molecule has 102 valence electrons. The van der Waals surface area contributed by atoms with E-state index in [1.165, 1.54) is 0 Å². The van der Waals surface area contributed by atoms with E-state index in [1.807, 2.05) is 47.8 Å². The van der Waals surface area contributed by atoms with Crippen molar-refractivity contribution < 1.29 is 0 Å². The van der Waals surface area contributed by atoms with Gasteiger partial charge in [-0.05, 0) is 37.0 Å². The molecule has 3 nitrogen and oxygen atoms in total. The van der Waals surface area contributed by atoms with Gasteiger partial charge in [0, 0.05) is 36.0 Å². The van der Waals surface area contributed by atoms with E-state index in [4.69, 9.17) is 35.4 Å². The minimum atomic E-state index is 0.654. The molecular weight excluding hydrogens is 301 g/mol. The number of nitrogens with zero attached hydrogens (tertiary/aromatic N) is 3. The quantitative estimate of drug-likeness (QED) is 0.792. The van der Waals surface area contributed by atoms with Crippen LogP contribution in [-0.2, 0) is 20.3 Å². The van der Waals surface area contributed by atoms with Crippen molar-refractivity contribution in [2.24, 2.45) is 7.05 Å². The molecule has 0 amide bonds. The molecule has 2 aromatic rings. The van der Waals surface area contributed by atoms with Crippen LogP contribution in [0.25, 0.3) is 0 Å². The Morgan fingerprint density at radius 3 is 2.58 bits per heavy atom. The van der Waals surface area contributed by atoms with Crippen molar-refractivity contribution in [2.45, 2.75) is 13.2 Å². The summed E-state index contributed by atoms with van der Waals surface area (Å²) < 4.78 is 4.73. The summed E-state index contributed by atoms with van der Waals surface area (Å²) >= 11 is 17.4. The molecular formula is C13H15Cl2N3S. The summed E-state index contributed by atoms with van der Waals surface area (Å²) in [5.74, 6) is 0. The van der Waals surface area contributed by atoms with Crippen LogP contribution < -0.4 is 0 Å². The van der Waals surface area contributed by atoms with E-state index in [0.717, 1.165) is 23.5 Å². The standard InChI is InChI=1S/C13H15Cl2N3S/c1-16(9-18-6-5-17(2)13(18)19)8-10-3-4-11(14)7-12(10)15/h3-7H,8-9H2,1-2H3. The van der Waals surface area contributed by atoms with Gasteiger partial charge in [-0.25, -0.2) is 0 Å². The Morgan fingerprint density at radius 2 is 2.00 bits per heavy atom. The lowest BCUT2D eigenvalue weighted by atomic mass is 10.2. The Balaban J connectivity index is 2.07. The highest BCUT2D eigenvalue weighted by Crippen LogP contribution is 2.22. The van der Waals surface area contributed by atoms with Gasteiger partial charge in [-0.3, -0.25) is 4.90 Å². The van der Waals surface area contributed by atoms with Gasteiger partial charge in [-0.1, -0.05) is 29.3 Å². The summed E-state index contributed by atoms with van der Waals surface area (Å²) in [5.41, 5.74) is 1.05. The van der Waals surface area contributed by atoms with E-state index in [1.54, 1.807) is 6.07 Å². The highest BCUT2D eigenvalue weighted by molar-refractivity contribution is 7.71. The van der Waals surface area contributed by atoms with E-state index in [0.29, 0.717) is 10.0 Å². The number of hydrogen-bond donors (Lipinski definition) is 0. The third kappa shape index (κ3) is 3.60. The maximum absolute atomic E-state index is 6.17. The molecule has 0 atom stereocenters. The van der Waals surface area contributed by atoms with Crippen LogP contribution in [0.1, 0.15) is 5.56 Å². The summed E-state index contributed by atoms with van der Waals surface area (Å²) in [4.78, 5) is 2.14. The molecule has 0 bridgehead atoms.